The molecule has 0 aliphatic carbocycles. The standard InChI is InChI=1S/C21H26N2O3/c1-24-18-7-5-17(6-8-18)14-23-11-3-9-21(16-23)12-20(15-25-21)26-19-4-2-10-22-13-19/h2,4-8,10,13,20H,3,9,11-12,14-16H2,1H3/t20-,21-/m1/s1. The van der Waals surface area contributed by atoms with Crippen LogP contribution in [0.3, 0.4) is 0 Å². The average molecular weight is 354 g/mol. The van der Waals surface area contributed by atoms with E-state index in [-0.39, 0.29) is 11.7 Å². The van der Waals surface area contributed by atoms with Crippen molar-refractivity contribution in [1.82, 2.24) is 9.88 Å². The van der Waals surface area contributed by atoms with E-state index in [4.69, 9.17) is 14.2 Å². The molecule has 0 N–H and O–H groups in total. The van der Waals surface area contributed by atoms with E-state index < -0.39 is 0 Å². The molecule has 138 valence electrons. The van der Waals surface area contributed by atoms with Gasteiger partial charge in [-0.25, -0.2) is 0 Å². The molecule has 5 nitrogen and oxygen atoms in total. The van der Waals surface area contributed by atoms with Crippen molar-refractivity contribution in [2.24, 2.45) is 0 Å². The van der Waals surface area contributed by atoms with Crippen molar-refractivity contribution in [2.75, 3.05) is 26.8 Å². The number of aromatic nitrogens is 1. The third-order valence-electron chi connectivity index (χ3n) is 5.30. The van der Waals surface area contributed by atoms with E-state index in [1.807, 2.05) is 24.3 Å². The van der Waals surface area contributed by atoms with Gasteiger partial charge in [-0.05, 0) is 49.2 Å². The van der Waals surface area contributed by atoms with Crippen molar-refractivity contribution in [3.05, 3.63) is 54.4 Å². The van der Waals surface area contributed by atoms with Crippen molar-refractivity contribution in [2.45, 2.75) is 37.5 Å². The van der Waals surface area contributed by atoms with Crippen LogP contribution in [0.15, 0.2) is 48.8 Å². The summed E-state index contributed by atoms with van der Waals surface area (Å²) in [7, 11) is 1.70. The fourth-order valence-corrected chi connectivity index (χ4v) is 4.09. The Kier molecular flexibility index (Phi) is 5.09. The molecule has 2 fully saturated rings. The number of piperidine rings is 1. The fraction of sp³-hybridized carbons (Fsp3) is 0.476. The third-order valence-corrected chi connectivity index (χ3v) is 5.30. The summed E-state index contributed by atoms with van der Waals surface area (Å²) in [6, 6.07) is 12.2. The number of ether oxygens (including phenoxy) is 3. The maximum absolute atomic E-state index is 6.26. The second-order valence-corrected chi connectivity index (χ2v) is 7.29. The molecule has 0 bridgehead atoms. The zero-order valence-corrected chi connectivity index (χ0v) is 15.3. The molecular formula is C21H26N2O3. The summed E-state index contributed by atoms with van der Waals surface area (Å²) in [6.45, 7) is 3.69. The van der Waals surface area contributed by atoms with Crippen molar-refractivity contribution < 1.29 is 14.2 Å². The highest BCUT2D eigenvalue weighted by Gasteiger charge is 2.44. The first kappa shape index (κ1) is 17.3. The molecular weight excluding hydrogens is 328 g/mol. The van der Waals surface area contributed by atoms with E-state index in [0.717, 1.165) is 50.4 Å². The van der Waals surface area contributed by atoms with Gasteiger partial charge in [-0.15, -0.1) is 0 Å². The molecule has 3 heterocycles. The summed E-state index contributed by atoms with van der Waals surface area (Å²) in [5.74, 6) is 1.72. The van der Waals surface area contributed by atoms with Crippen molar-refractivity contribution in [1.29, 1.82) is 0 Å². The van der Waals surface area contributed by atoms with Gasteiger partial charge in [0.2, 0.25) is 0 Å². The summed E-state index contributed by atoms with van der Waals surface area (Å²) in [5, 5.41) is 0. The Balaban J connectivity index is 1.35. The largest absolute Gasteiger partial charge is 0.497 e. The van der Waals surface area contributed by atoms with Crippen LogP contribution in [-0.2, 0) is 11.3 Å². The first-order valence-corrected chi connectivity index (χ1v) is 9.31. The highest BCUT2D eigenvalue weighted by Crippen LogP contribution is 2.36. The predicted molar refractivity (Wildman–Crippen MR) is 99.5 cm³/mol. The second kappa shape index (κ2) is 7.64. The van der Waals surface area contributed by atoms with E-state index in [2.05, 4.69) is 22.0 Å². The Hall–Kier alpha value is -2.11. The van der Waals surface area contributed by atoms with E-state index in [0.29, 0.717) is 6.61 Å². The number of likely N-dealkylation sites (tertiary alicyclic amines) is 1. The first-order valence-electron chi connectivity index (χ1n) is 9.31. The Bertz CT molecular complexity index is 707. The van der Waals surface area contributed by atoms with Crippen LogP contribution in [-0.4, -0.2) is 48.4 Å². The first-order chi connectivity index (χ1) is 12.7. The van der Waals surface area contributed by atoms with E-state index in [9.17, 15) is 0 Å². The quantitative estimate of drug-likeness (QED) is 0.824. The van der Waals surface area contributed by atoms with E-state index >= 15 is 0 Å². The molecule has 1 aromatic carbocycles. The predicted octanol–water partition coefficient (Wildman–Crippen LogP) is 3.29. The summed E-state index contributed by atoms with van der Waals surface area (Å²) in [6.07, 6.45) is 6.86. The molecule has 2 aliphatic heterocycles. The summed E-state index contributed by atoms with van der Waals surface area (Å²) in [4.78, 5) is 6.62. The van der Waals surface area contributed by atoms with Crippen LogP contribution in [0.4, 0.5) is 0 Å². The van der Waals surface area contributed by atoms with Crippen LogP contribution in [0.25, 0.3) is 0 Å². The highest BCUT2D eigenvalue weighted by atomic mass is 16.6. The lowest BCUT2D eigenvalue weighted by Crippen LogP contribution is -2.47. The Labute approximate surface area is 154 Å². The highest BCUT2D eigenvalue weighted by molar-refractivity contribution is 5.27. The van der Waals surface area contributed by atoms with Crippen LogP contribution >= 0.6 is 0 Å². The molecule has 5 heteroatoms. The van der Waals surface area contributed by atoms with Gasteiger partial charge in [0.1, 0.15) is 17.6 Å². The maximum atomic E-state index is 6.26. The zero-order chi connectivity index (χ0) is 17.8. The molecule has 0 radical (unpaired) electrons. The molecule has 0 unspecified atom stereocenters. The summed E-state index contributed by atoms with van der Waals surface area (Å²) in [5.41, 5.74) is 1.24. The number of pyridine rings is 1. The van der Waals surface area contributed by atoms with Crippen LogP contribution in [0.5, 0.6) is 11.5 Å². The third kappa shape index (κ3) is 4.00. The van der Waals surface area contributed by atoms with Gasteiger partial charge in [-0.3, -0.25) is 9.88 Å². The number of hydrogen-bond acceptors (Lipinski definition) is 5. The van der Waals surface area contributed by atoms with Gasteiger partial charge in [0, 0.05) is 25.7 Å². The van der Waals surface area contributed by atoms with Crippen molar-refractivity contribution in [3.8, 4) is 11.5 Å². The maximum Gasteiger partial charge on any atom is 0.138 e. The molecule has 2 saturated heterocycles. The Morgan fingerprint density at radius 1 is 1.23 bits per heavy atom. The second-order valence-electron chi connectivity index (χ2n) is 7.29. The minimum absolute atomic E-state index is 0.0718. The lowest BCUT2D eigenvalue weighted by molar-refractivity contribution is -0.0538. The van der Waals surface area contributed by atoms with Crippen LogP contribution in [0, 0.1) is 0 Å². The molecule has 4 rings (SSSR count). The van der Waals surface area contributed by atoms with Gasteiger partial charge in [0.25, 0.3) is 0 Å². The lowest BCUT2D eigenvalue weighted by atomic mass is 9.89. The normalized spacial score (nSPS) is 26.1. The van der Waals surface area contributed by atoms with Gasteiger partial charge in [0.05, 0.1) is 25.5 Å². The minimum atomic E-state index is -0.0718. The SMILES string of the molecule is COc1ccc(CN2CCC[C@@]3(C[C@@H](Oc4cccnc4)CO3)C2)cc1. The molecule has 1 spiro atoms. The Morgan fingerprint density at radius 3 is 2.88 bits per heavy atom. The molecule has 0 saturated carbocycles. The molecule has 2 atom stereocenters. The average Bonchev–Trinajstić information content (AvgIpc) is 3.05. The number of hydrogen-bond donors (Lipinski definition) is 0. The fourth-order valence-electron chi connectivity index (χ4n) is 4.09. The van der Waals surface area contributed by atoms with E-state index in [1.54, 1.807) is 19.5 Å². The van der Waals surface area contributed by atoms with Gasteiger partial charge in [0.15, 0.2) is 0 Å². The summed E-state index contributed by atoms with van der Waals surface area (Å²) >= 11 is 0. The number of methoxy groups -OCH3 is 1. The lowest BCUT2D eigenvalue weighted by Gasteiger charge is -2.39. The van der Waals surface area contributed by atoms with Gasteiger partial charge in [-0.1, -0.05) is 12.1 Å². The topological polar surface area (TPSA) is 43.8 Å². The molecule has 2 aromatic rings. The zero-order valence-electron chi connectivity index (χ0n) is 15.3. The molecule has 26 heavy (non-hydrogen) atoms. The minimum Gasteiger partial charge on any atom is -0.497 e. The monoisotopic (exact) mass is 354 g/mol. The smallest absolute Gasteiger partial charge is 0.138 e. The molecule has 2 aliphatic rings. The number of nitrogens with zero attached hydrogens (tertiary/aromatic N) is 2. The molecule has 0 amide bonds. The van der Waals surface area contributed by atoms with Gasteiger partial charge < -0.3 is 14.2 Å². The van der Waals surface area contributed by atoms with Crippen LogP contribution < -0.4 is 9.47 Å². The summed E-state index contributed by atoms with van der Waals surface area (Å²) < 4.78 is 17.6. The van der Waals surface area contributed by atoms with Gasteiger partial charge >= 0.3 is 0 Å². The van der Waals surface area contributed by atoms with Crippen LogP contribution in [0.2, 0.25) is 0 Å². The molecule has 1 aromatic heterocycles. The van der Waals surface area contributed by atoms with Crippen molar-refractivity contribution >= 4 is 0 Å². The van der Waals surface area contributed by atoms with Crippen molar-refractivity contribution in [3.63, 3.8) is 0 Å². The van der Waals surface area contributed by atoms with E-state index in [1.165, 1.54) is 5.56 Å². The number of benzene rings is 1. The Morgan fingerprint density at radius 2 is 2.12 bits per heavy atom. The number of rotatable bonds is 5. The van der Waals surface area contributed by atoms with Crippen LogP contribution in [0.1, 0.15) is 24.8 Å². The van der Waals surface area contributed by atoms with Gasteiger partial charge in [-0.2, -0.15) is 0 Å².